The van der Waals surface area contributed by atoms with E-state index in [9.17, 15) is 4.79 Å². The summed E-state index contributed by atoms with van der Waals surface area (Å²) in [6, 6.07) is 5.01. The molecule has 17 heavy (non-hydrogen) atoms. The molecule has 0 heterocycles. The van der Waals surface area contributed by atoms with Crippen LogP contribution in [0.4, 0.5) is 0 Å². The summed E-state index contributed by atoms with van der Waals surface area (Å²) >= 11 is 11.6. The van der Waals surface area contributed by atoms with E-state index in [0.29, 0.717) is 22.2 Å². The van der Waals surface area contributed by atoms with Crippen LogP contribution in [0.2, 0.25) is 10.0 Å². The summed E-state index contributed by atoms with van der Waals surface area (Å²) in [5.74, 6) is 5.10. The van der Waals surface area contributed by atoms with Gasteiger partial charge in [-0.05, 0) is 31.2 Å². The topological polar surface area (TPSA) is 26.3 Å². The molecule has 0 fully saturated rings. The minimum atomic E-state index is -0.411. The highest BCUT2D eigenvalue weighted by Crippen LogP contribution is 2.18. The van der Waals surface area contributed by atoms with Gasteiger partial charge < -0.3 is 4.74 Å². The summed E-state index contributed by atoms with van der Waals surface area (Å²) in [5.41, 5.74) is 0.691. The average molecular weight is 269 g/mol. The lowest BCUT2D eigenvalue weighted by molar-refractivity contribution is -0.137. The van der Waals surface area contributed by atoms with Crippen molar-refractivity contribution in [2.75, 3.05) is 6.61 Å². The maximum atomic E-state index is 10.9. The highest BCUT2D eigenvalue weighted by Gasteiger charge is 1.94. The van der Waals surface area contributed by atoms with Crippen molar-refractivity contribution in [1.82, 2.24) is 0 Å². The number of ether oxygens (including phenoxy) is 1. The Bertz CT molecular complexity index is 476. The lowest BCUT2D eigenvalue weighted by atomic mass is 10.2. The van der Waals surface area contributed by atoms with Crippen molar-refractivity contribution in [2.45, 2.75) is 6.92 Å². The minimum Gasteiger partial charge on any atom is -0.463 e. The molecule has 0 aliphatic heterocycles. The number of hydrogen-bond acceptors (Lipinski definition) is 2. The number of carbonyl (C=O) groups excluding carboxylic acids is 1. The summed E-state index contributed by atoms with van der Waals surface area (Å²) in [6.07, 6.45) is 2.69. The van der Waals surface area contributed by atoms with Crippen molar-refractivity contribution in [3.05, 3.63) is 46.0 Å². The van der Waals surface area contributed by atoms with Crippen molar-refractivity contribution in [2.24, 2.45) is 0 Å². The first kappa shape index (κ1) is 13.6. The van der Waals surface area contributed by atoms with Gasteiger partial charge in [0.05, 0.1) is 6.61 Å². The van der Waals surface area contributed by atoms with Gasteiger partial charge in [-0.2, -0.15) is 0 Å². The van der Waals surface area contributed by atoms with Crippen LogP contribution in [0.1, 0.15) is 12.5 Å². The van der Waals surface area contributed by atoms with E-state index in [-0.39, 0.29) is 0 Å². The van der Waals surface area contributed by atoms with Gasteiger partial charge >= 0.3 is 5.97 Å². The Morgan fingerprint density at radius 1 is 1.35 bits per heavy atom. The molecule has 0 aromatic heterocycles. The van der Waals surface area contributed by atoms with Gasteiger partial charge in [-0.3, -0.25) is 0 Å². The van der Waals surface area contributed by atoms with Crippen LogP contribution in [0, 0.1) is 11.8 Å². The van der Waals surface area contributed by atoms with Crippen LogP contribution in [-0.4, -0.2) is 12.6 Å². The number of halogens is 2. The Morgan fingerprint density at radius 2 is 2.00 bits per heavy atom. The van der Waals surface area contributed by atoms with Crippen LogP contribution in [0.15, 0.2) is 30.4 Å². The maximum absolute atomic E-state index is 10.9. The fourth-order valence-electron chi connectivity index (χ4n) is 1.05. The zero-order valence-corrected chi connectivity index (χ0v) is 10.7. The van der Waals surface area contributed by atoms with Crippen LogP contribution in [0.25, 0.3) is 0 Å². The molecule has 1 aromatic rings. The largest absolute Gasteiger partial charge is 0.463 e. The monoisotopic (exact) mass is 268 g/mol. The molecule has 4 heteroatoms. The summed E-state index contributed by atoms with van der Waals surface area (Å²) < 4.78 is 4.70. The van der Waals surface area contributed by atoms with Crippen molar-refractivity contribution in [3.63, 3.8) is 0 Å². The van der Waals surface area contributed by atoms with Gasteiger partial charge in [0, 0.05) is 21.7 Å². The molecule has 0 amide bonds. The fourth-order valence-corrected chi connectivity index (χ4v) is 1.58. The summed E-state index contributed by atoms with van der Waals surface area (Å²) in [6.45, 7) is 2.09. The molecule has 0 saturated carbocycles. The third-order valence-corrected chi connectivity index (χ3v) is 2.10. The van der Waals surface area contributed by atoms with Crippen molar-refractivity contribution in [1.29, 1.82) is 0 Å². The number of rotatable bonds is 2. The minimum absolute atomic E-state index is 0.348. The summed E-state index contributed by atoms with van der Waals surface area (Å²) in [5, 5.41) is 1.05. The van der Waals surface area contributed by atoms with E-state index >= 15 is 0 Å². The Balaban J connectivity index is 2.69. The molecule has 0 aliphatic carbocycles. The second-order valence-electron chi connectivity index (χ2n) is 3.01. The van der Waals surface area contributed by atoms with Crippen LogP contribution in [0.5, 0.6) is 0 Å². The van der Waals surface area contributed by atoms with Crippen molar-refractivity contribution in [3.8, 4) is 11.8 Å². The molecule has 0 saturated heterocycles. The normalized spacial score (nSPS) is 9.82. The summed E-state index contributed by atoms with van der Waals surface area (Å²) in [7, 11) is 0. The van der Waals surface area contributed by atoms with E-state index in [1.807, 2.05) is 0 Å². The quantitative estimate of drug-likeness (QED) is 0.467. The molecular weight excluding hydrogens is 259 g/mol. The van der Waals surface area contributed by atoms with E-state index in [1.165, 1.54) is 12.2 Å². The molecule has 2 nitrogen and oxygen atoms in total. The van der Waals surface area contributed by atoms with E-state index < -0.39 is 5.97 Å². The van der Waals surface area contributed by atoms with Crippen molar-refractivity contribution >= 4 is 29.2 Å². The number of hydrogen-bond donors (Lipinski definition) is 0. The van der Waals surface area contributed by atoms with Gasteiger partial charge in [0.1, 0.15) is 0 Å². The second kappa shape index (κ2) is 7.01. The van der Waals surface area contributed by atoms with Crippen LogP contribution in [-0.2, 0) is 9.53 Å². The zero-order valence-electron chi connectivity index (χ0n) is 9.17. The van der Waals surface area contributed by atoms with E-state index in [0.717, 1.165) is 0 Å². The number of allylic oxidation sites excluding steroid dienone is 1. The standard InChI is InChI=1S/C13H10Cl2O2/c1-2-17-13(16)6-4-3-5-10-7-11(14)9-12(15)8-10/h4,6-9H,2H2,1H3/b6-4-. The zero-order chi connectivity index (χ0) is 12.7. The molecule has 0 aliphatic rings. The van der Waals surface area contributed by atoms with E-state index in [4.69, 9.17) is 27.9 Å². The molecule has 0 radical (unpaired) electrons. The lowest BCUT2D eigenvalue weighted by Gasteiger charge is -1.94. The third kappa shape index (κ3) is 5.44. The molecular formula is C13H10Cl2O2. The molecule has 0 bridgehead atoms. The first-order chi connectivity index (χ1) is 8.11. The van der Waals surface area contributed by atoms with Crippen LogP contribution in [0.3, 0.4) is 0 Å². The van der Waals surface area contributed by atoms with Gasteiger partial charge in [-0.25, -0.2) is 4.79 Å². The summed E-state index contributed by atoms with van der Waals surface area (Å²) in [4.78, 5) is 10.9. The van der Waals surface area contributed by atoms with Gasteiger partial charge in [0.25, 0.3) is 0 Å². The van der Waals surface area contributed by atoms with Crippen molar-refractivity contribution < 1.29 is 9.53 Å². The second-order valence-corrected chi connectivity index (χ2v) is 3.89. The maximum Gasteiger partial charge on any atom is 0.331 e. The highest BCUT2D eigenvalue weighted by atomic mass is 35.5. The highest BCUT2D eigenvalue weighted by molar-refractivity contribution is 6.34. The smallest absolute Gasteiger partial charge is 0.331 e. The van der Waals surface area contributed by atoms with Gasteiger partial charge in [-0.15, -0.1) is 0 Å². The SMILES string of the molecule is CCOC(=O)/C=C\C#Cc1cc(Cl)cc(Cl)c1. The predicted molar refractivity (Wildman–Crippen MR) is 69.1 cm³/mol. The molecule has 1 aromatic carbocycles. The predicted octanol–water partition coefficient (Wildman–Crippen LogP) is 3.46. The van der Waals surface area contributed by atoms with Gasteiger partial charge in [0.2, 0.25) is 0 Å². The van der Waals surface area contributed by atoms with Crippen LogP contribution >= 0.6 is 23.2 Å². The van der Waals surface area contributed by atoms with E-state index in [1.54, 1.807) is 25.1 Å². The molecule has 0 unspecified atom stereocenters. The number of esters is 1. The average Bonchev–Trinajstić information content (AvgIpc) is 2.23. The Kier molecular flexibility index (Phi) is 5.62. The third-order valence-electron chi connectivity index (χ3n) is 1.67. The molecule has 0 atom stereocenters. The number of carbonyl (C=O) groups is 1. The molecule has 1 rings (SSSR count). The number of benzene rings is 1. The van der Waals surface area contributed by atoms with Gasteiger partial charge in [-0.1, -0.05) is 35.0 Å². The van der Waals surface area contributed by atoms with E-state index in [2.05, 4.69) is 11.8 Å². The Morgan fingerprint density at radius 3 is 2.59 bits per heavy atom. The van der Waals surface area contributed by atoms with Crippen LogP contribution < -0.4 is 0 Å². The Labute approximate surface area is 110 Å². The molecule has 88 valence electrons. The molecule has 0 spiro atoms. The fraction of sp³-hybridized carbons (Fsp3) is 0.154. The lowest BCUT2D eigenvalue weighted by Crippen LogP contribution is -1.98. The molecule has 0 N–H and O–H groups in total. The Hall–Kier alpha value is -1.43. The first-order valence-electron chi connectivity index (χ1n) is 4.92. The first-order valence-corrected chi connectivity index (χ1v) is 5.68. The van der Waals surface area contributed by atoms with Gasteiger partial charge in [0.15, 0.2) is 0 Å².